The largest absolute Gasteiger partial charge is 0.474 e. The van der Waals surface area contributed by atoms with Crippen molar-refractivity contribution in [2.45, 2.75) is 12.1 Å². The van der Waals surface area contributed by atoms with Gasteiger partial charge in [0.25, 0.3) is 0 Å². The van der Waals surface area contributed by atoms with Crippen LogP contribution in [-0.4, -0.2) is 18.5 Å². The summed E-state index contributed by atoms with van der Waals surface area (Å²) in [7, 11) is 0. The maximum Gasteiger partial charge on any atom is 0.171 e. The molecule has 2 unspecified atom stereocenters. The standard InChI is InChI=1S/C7H7NOS/c10-5-1-2-6-7(3-5)9-4-8-6/h1-4,6-7,10H. The Kier molecular flexibility index (Phi) is 1.31. The Morgan fingerprint density at radius 3 is 3.40 bits per heavy atom. The van der Waals surface area contributed by atoms with Crippen molar-refractivity contribution in [1.29, 1.82) is 0 Å². The van der Waals surface area contributed by atoms with Gasteiger partial charge in [-0.05, 0) is 6.08 Å². The molecule has 1 heterocycles. The number of hydrogen-bond donors (Lipinski definition) is 1. The molecule has 0 aromatic heterocycles. The van der Waals surface area contributed by atoms with E-state index < -0.39 is 0 Å². The van der Waals surface area contributed by atoms with E-state index in [0.717, 1.165) is 4.91 Å². The zero-order valence-electron chi connectivity index (χ0n) is 5.27. The zero-order valence-corrected chi connectivity index (χ0v) is 6.16. The number of aliphatic imine (C=N–C) groups is 1. The average Bonchev–Trinajstić information content (AvgIpc) is 2.33. The minimum atomic E-state index is 0.0949. The van der Waals surface area contributed by atoms with Gasteiger partial charge < -0.3 is 4.74 Å². The number of nitrogens with zero attached hydrogens (tertiary/aromatic N) is 1. The molecule has 0 aromatic carbocycles. The second-order valence-electron chi connectivity index (χ2n) is 2.30. The maximum atomic E-state index is 5.16. The van der Waals surface area contributed by atoms with Crippen molar-refractivity contribution in [3.8, 4) is 0 Å². The highest BCUT2D eigenvalue weighted by Gasteiger charge is 2.23. The number of rotatable bonds is 0. The van der Waals surface area contributed by atoms with Crippen LogP contribution in [0.15, 0.2) is 28.1 Å². The molecule has 0 aromatic rings. The van der Waals surface area contributed by atoms with Gasteiger partial charge in [-0.25, -0.2) is 4.99 Å². The molecule has 52 valence electrons. The molecule has 0 saturated carbocycles. The van der Waals surface area contributed by atoms with Crippen LogP contribution in [0.5, 0.6) is 0 Å². The molecule has 3 heteroatoms. The number of allylic oxidation sites excluding steroid dienone is 1. The summed E-state index contributed by atoms with van der Waals surface area (Å²) >= 11 is 4.18. The molecule has 0 spiro atoms. The van der Waals surface area contributed by atoms with Gasteiger partial charge >= 0.3 is 0 Å². The van der Waals surface area contributed by atoms with Gasteiger partial charge in [0.05, 0.1) is 0 Å². The van der Waals surface area contributed by atoms with Crippen molar-refractivity contribution in [1.82, 2.24) is 0 Å². The molecule has 10 heavy (non-hydrogen) atoms. The summed E-state index contributed by atoms with van der Waals surface area (Å²) < 4.78 is 5.16. The molecule has 1 aliphatic carbocycles. The SMILES string of the molecule is SC1=CC2OC=NC2C=C1. The van der Waals surface area contributed by atoms with Gasteiger partial charge in [-0.15, -0.1) is 12.6 Å². The van der Waals surface area contributed by atoms with Crippen molar-refractivity contribution in [2.75, 3.05) is 0 Å². The predicted octanol–water partition coefficient (Wildman–Crippen LogP) is 1.17. The summed E-state index contributed by atoms with van der Waals surface area (Å²) in [5.41, 5.74) is 0. The number of thiol groups is 1. The second-order valence-corrected chi connectivity index (χ2v) is 2.81. The van der Waals surface area contributed by atoms with Crippen molar-refractivity contribution < 1.29 is 4.74 Å². The fourth-order valence-electron chi connectivity index (χ4n) is 1.06. The van der Waals surface area contributed by atoms with E-state index in [1.54, 1.807) is 0 Å². The predicted molar refractivity (Wildman–Crippen MR) is 43.4 cm³/mol. The lowest BCUT2D eigenvalue weighted by Gasteiger charge is -2.13. The molecule has 1 aliphatic heterocycles. The minimum Gasteiger partial charge on any atom is -0.474 e. The lowest BCUT2D eigenvalue weighted by Crippen LogP contribution is -2.19. The Bertz CT molecular complexity index is 232. The first-order valence-corrected chi connectivity index (χ1v) is 3.57. The van der Waals surface area contributed by atoms with E-state index in [9.17, 15) is 0 Å². The van der Waals surface area contributed by atoms with E-state index in [2.05, 4.69) is 17.6 Å². The van der Waals surface area contributed by atoms with E-state index in [1.807, 2.05) is 18.2 Å². The Labute approximate surface area is 64.7 Å². The number of hydrogen-bond acceptors (Lipinski definition) is 3. The fourth-order valence-corrected chi connectivity index (χ4v) is 1.29. The van der Waals surface area contributed by atoms with E-state index in [1.165, 1.54) is 6.40 Å². The Balaban J connectivity index is 2.25. The van der Waals surface area contributed by atoms with Gasteiger partial charge in [-0.1, -0.05) is 12.2 Å². The lowest BCUT2D eigenvalue weighted by atomic mass is 10.1. The van der Waals surface area contributed by atoms with E-state index >= 15 is 0 Å². The molecule has 2 rings (SSSR count). The van der Waals surface area contributed by atoms with Gasteiger partial charge in [0, 0.05) is 4.91 Å². The summed E-state index contributed by atoms with van der Waals surface area (Å²) in [6.07, 6.45) is 7.49. The minimum absolute atomic E-state index is 0.0949. The molecule has 0 saturated heterocycles. The Morgan fingerprint density at radius 2 is 2.50 bits per heavy atom. The summed E-state index contributed by atoms with van der Waals surface area (Å²) in [5.74, 6) is 0. The Morgan fingerprint density at radius 1 is 1.60 bits per heavy atom. The van der Waals surface area contributed by atoms with Gasteiger partial charge in [0.15, 0.2) is 6.40 Å². The van der Waals surface area contributed by atoms with Crippen molar-refractivity contribution >= 4 is 19.0 Å². The molecular formula is C7H7NOS. The molecule has 0 amide bonds. The van der Waals surface area contributed by atoms with Crippen LogP contribution in [0.2, 0.25) is 0 Å². The summed E-state index contributed by atoms with van der Waals surface area (Å²) in [5, 5.41) is 0. The molecule has 2 atom stereocenters. The van der Waals surface area contributed by atoms with Gasteiger partial charge in [-0.2, -0.15) is 0 Å². The van der Waals surface area contributed by atoms with Gasteiger partial charge in [-0.3, -0.25) is 0 Å². The van der Waals surface area contributed by atoms with Crippen LogP contribution in [0.25, 0.3) is 0 Å². The summed E-state index contributed by atoms with van der Waals surface area (Å²) in [6, 6.07) is 0.191. The van der Waals surface area contributed by atoms with Gasteiger partial charge in [0.2, 0.25) is 0 Å². The first kappa shape index (κ1) is 6.04. The quantitative estimate of drug-likeness (QED) is 0.518. The van der Waals surface area contributed by atoms with Gasteiger partial charge in [0.1, 0.15) is 12.1 Å². The molecule has 0 N–H and O–H groups in total. The smallest absolute Gasteiger partial charge is 0.171 e. The molecule has 0 radical (unpaired) electrons. The normalized spacial score (nSPS) is 35.1. The van der Waals surface area contributed by atoms with Crippen LogP contribution in [0.1, 0.15) is 0 Å². The van der Waals surface area contributed by atoms with E-state index in [-0.39, 0.29) is 12.1 Å². The van der Waals surface area contributed by atoms with E-state index in [0.29, 0.717) is 0 Å². The number of ether oxygens (including phenoxy) is 1. The van der Waals surface area contributed by atoms with Crippen molar-refractivity contribution in [2.24, 2.45) is 4.99 Å². The molecule has 0 fully saturated rings. The first-order chi connectivity index (χ1) is 4.86. The lowest BCUT2D eigenvalue weighted by molar-refractivity contribution is 0.264. The van der Waals surface area contributed by atoms with Crippen LogP contribution in [0.4, 0.5) is 0 Å². The number of fused-ring (bicyclic) bond motifs is 1. The van der Waals surface area contributed by atoms with Crippen LogP contribution >= 0.6 is 12.6 Å². The summed E-state index contributed by atoms with van der Waals surface area (Å²) in [4.78, 5) is 5.03. The third kappa shape index (κ3) is 0.865. The van der Waals surface area contributed by atoms with Crippen LogP contribution in [0, 0.1) is 0 Å². The topological polar surface area (TPSA) is 21.6 Å². The monoisotopic (exact) mass is 153 g/mol. The van der Waals surface area contributed by atoms with Crippen LogP contribution in [-0.2, 0) is 4.74 Å². The maximum absolute atomic E-state index is 5.16. The molecule has 2 nitrogen and oxygen atoms in total. The highest BCUT2D eigenvalue weighted by atomic mass is 32.1. The molecular weight excluding hydrogens is 146 g/mol. The zero-order chi connectivity index (χ0) is 6.97. The third-order valence-corrected chi connectivity index (χ3v) is 1.88. The highest BCUT2D eigenvalue weighted by molar-refractivity contribution is 7.84. The van der Waals surface area contributed by atoms with Crippen LogP contribution in [0.3, 0.4) is 0 Å². The van der Waals surface area contributed by atoms with Crippen LogP contribution < -0.4 is 0 Å². The molecule has 2 aliphatic rings. The summed E-state index contributed by atoms with van der Waals surface area (Å²) in [6.45, 7) is 0. The second kappa shape index (κ2) is 2.16. The highest BCUT2D eigenvalue weighted by Crippen LogP contribution is 2.21. The average molecular weight is 153 g/mol. The van der Waals surface area contributed by atoms with Crippen molar-refractivity contribution in [3.63, 3.8) is 0 Å². The molecule has 0 bridgehead atoms. The Hall–Kier alpha value is -0.700. The van der Waals surface area contributed by atoms with E-state index in [4.69, 9.17) is 4.74 Å². The fraction of sp³-hybridized carbons (Fsp3) is 0.286. The first-order valence-electron chi connectivity index (χ1n) is 3.12. The third-order valence-electron chi connectivity index (χ3n) is 1.59. The van der Waals surface area contributed by atoms with Crippen molar-refractivity contribution in [3.05, 3.63) is 23.1 Å².